The summed E-state index contributed by atoms with van der Waals surface area (Å²) in [7, 11) is 0. The standard InChI is InChI=1S/C19H29N5O2.HI/c1-2-20-19(23-15-18(26)24-12-6-7-13-24)22-14-17(25)21-11-10-16-8-4-3-5-9-16;/h3-5,8-9H,2,6-7,10-15H2,1H3,(H,21,25)(H2,20,22,23);1H. The van der Waals surface area contributed by atoms with E-state index in [9.17, 15) is 9.59 Å². The molecule has 0 bridgehead atoms. The van der Waals surface area contributed by atoms with Crippen molar-refractivity contribution >= 4 is 41.8 Å². The van der Waals surface area contributed by atoms with Gasteiger partial charge in [-0.1, -0.05) is 30.3 Å². The van der Waals surface area contributed by atoms with Crippen LogP contribution in [0.3, 0.4) is 0 Å². The molecule has 2 amide bonds. The van der Waals surface area contributed by atoms with Crippen molar-refractivity contribution in [2.45, 2.75) is 26.2 Å². The Morgan fingerprint density at radius 2 is 1.78 bits per heavy atom. The van der Waals surface area contributed by atoms with Gasteiger partial charge in [0.2, 0.25) is 11.8 Å². The lowest BCUT2D eigenvalue weighted by molar-refractivity contribution is -0.128. The zero-order valence-electron chi connectivity index (χ0n) is 15.9. The van der Waals surface area contributed by atoms with Crippen LogP contribution in [0.1, 0.15) is 25.3 Å². The molecule has 1 aromatic carbocycles. The minimum absolute atomic E-state index is 0. The number of nitrogens with zero attached hydrogens (tertiary/aromatic N) is 2. The van der Waals surface area contributed by atoms with Gasteiger partial charge in [0.25, 0.3) is 0 Å². The van der Waals surface area contributed by atoms with Crippen LogP contribution in [0.15, 0.2) is 35.3 Å². The van der Waals surface area contributed by atoms with Gasteiger partial charge in [0.05, 0.1) is 6.54 Å². The van der Waals surface area contributed by atoms with E-state index < -0.39 is 0 Å². The van der Waals surface area contributed by atoms with Gasteiger partial charge in [-0.15, -0.1) is 24.0 Å². The van der Waals surface area contributed by atoms with E-state index in [1.54, 1.807) is 0 Å². The largest absolute Gasteiger partial charge is 0.357 e. The average Bonchev–Trinajstić information content (AvgIpc) is 3.19. The first-order chi connectivity index (χ1) is 12.7. The molecule has 1 fully saturated rings. The topological polar surface area (TPSA) is 85.8 Å². The van der Waals surface area contributed by atoms with Crippen LogP contribution in [0.4, 0.5) is 0 Å². The number of rotatable bonds is 8. The summed E-state index contributed by atoms with van der Waals surface area (Å²) in [6.45, 7) is 5.08. The highest BCUT2D eigenvalue weighted by atomic mass is 127. The van der Waals surface area contributed by atoms with Gasteiger partial charge in [0, 0.05) is 26.2 Å². The molecule has 3 N–H and O–H groups in total. The molecule has 0 aliphatic carbocycles. The van der Waals surface area contributed by atoms with E-state index in [2.05, 4.69) is 20.9 Å². The second kappa shape index (κ2) is 13.3. The minimum Gasteiger partial charge on any atom is -0.357 e. The SMILES string of the molecule is CCNC(=NCC(=O)NCCc1ccccc1)NCC(=O)N1CCCC1.I. The first-order valence-electron chi connectivity index (χ1n) is 9.29. The van der Waals surface area contributed by atoms with Crippen molar-refractivity contribution in [3.63, 3.8) is 0 Å². The Bertz CT molecular complexity index is 603. The second-order valence-electron chi connectivity index (χ2n) is 6.22. The Hall–Kier alpha value is -1.84. The number of halogens is 1. The van der Waals surface area contributed by atoms with E-state index in [1.807, 2.05) is 42.2 Å². The lowest BCUT2D eigenvalue weighted by Crippen LogP contribution is -2.44. The fourth-order valence-corrected chi connectivity index (χ4v) is 2.78. The number of carbonyl (C=O) groups is 2. The molecule has 0 atom stereocenters. The second-order valence-corrected chi connectivity index (χ2v) is 6.22. The summed E-state index contributed by atoms with van der Waals surface area (Å²) in [4.78, 5) is 30.1. The van der Waals surface area contributed by atoms with Crippen LogP contribution >= 0.6 is 24.0 Å². The predicted molar refractivity (Wildman–Crippen MR) is 118 cm³/mol. The van der Waals surface area contributed by atoms with E-state index in [1.165, 1.54) is 5.56 Å². The van der Waals surface area contributed by atoms with E-state index in [4.69, 9.17) is 0 Å². The molecule has 0 saturated carbocycles. The van der Waals surface area contributed by atoms with E-state index >= 15 is 0 Å². The number of hydrogen-bond acceptors (Lipinski definition) is 3. The molecule has 2 rings (SSSR count). The van der Waals surface area contributed by atoms with Crippen molar-refractivity contribution < 1.29 is 9.59 Å². The zero-order valence-corrected chi connectivity index (χ0v) is 18.2. The summed E-state index contributed by atoms with van der Waals surface area (Å²) < 4.78 is 0. The van der Waals surface area contributed by atoms with Gasteiger partial charge in [0.15, 0.2) is 5.96 Å². The average molecular weight is 487 g/mol. The molecule has 1 aromatic rings. The number of nitrogens with one attached hydrogen (secondary N) is 3. The third-order valence-corrected chi connectivity index (χ3v) is 4.17. The van der Waals surface area contributed by atoms with Gasteiger partial charge in [-0.2, -0.15) is 0 Å². The van der Waals surface area contributed by atoms with Crippen molar-refractivity contribution in [3.8, 4) is 0 Å². The molecule has 150 valence electrons. The summed E-state index contributed by atoms with van der Waals surface area (Å²) >= 11 is 0. The van der Waals surface area contributed by atoms with Crippen molar-refractivity contribution in [3.05, 3.63) is 35.9 Å². The number of likely N-dealkylation sites (tertiary alicyclic amines) is 1. The number of carbonyl (C=O) groups excluding carboxylic acids is 2. The Morgan fingerprint density at radius 3 is 2.44 bits per heavy atom. The molecule has 27 heavy (non-hydrogen) atoms. The fourth-order valence-electron chi connectivity index (χ4n) is 2.78. The zero-order chi connectivity index (χ0) is 18.6. The summed E-state index contributed by atoms with van der Waals surface area (Å²) in [6, 6.07) is 10.0. The quantitative estimate of drug-likeness (QED) is 0.292. The number of benzene rings is 1. The number of hydrogen-bond donors (Lipinski definition) is 3. The van der Waals surface area contributed by atoms with E-state index in [-0.39, 0.29) is 48.9 Å². The number of amides is 2. The molecule has 1 aliphatic heterocycles. The molecule has 1 saturated heterocycles. The van der Waals surface area contributed by atoms with Crippen molar-refractivity contribution in [1.82, 2.24) is 20.9 Å². The third kappa shape index (κ3) is 9.07. The Morgan fingerprint density at radius 1 is 1.07 bits per heavy atom. The molecular formula is C19H30IN5O2. The van der Waals surface area contributed by atoms with Gasteiger partial charge in [-0.3, -0.25) is 9.59 Å². The Labute approximate surface area is 178 Å². The summed E-state index contributed by atoms with van der Waals surface area (Å²) in [5.41, 5.74) is 1.19. The van der Waals surface area contributed by atoms with Crippen LogP contribution < -0.4 is 16.0 Å². The summed E-state index contributed by atoms with van der Waals surface area (Å²) in [6.07, 6.45) is 2.94. The molecule has 0 radical (unpaired) electrons. The van der Waals surface area contributed by atoms with E-state index in [0.29, 0.717) is 19.0 Å². The molecule has 8 heteroatoms. The maximum Gasteiger partial charge on any atom is 0.241 e. The Balaban J connectivity index is 0.00000364. The molecule has 1 heterocycles. The monoisotopic (exact) mass is 487 g/mol. The highest BCUT2D eigenvalue weighted by molar-refractivity contribution is 14.0. The maximum absolute atomic E-state index is 12.1. The summed E-state index contributed by atoms with van der Waals surface area (Å²) in [5, 5.41) is 8.92. The van der Waals surface area contributed by atoms with Gasteiger partial charge >= 0.3 is 0 Å². The molecule has 0 unspecified atom stereocenters. The molecule has 0 aromatic heterocycles. The first kappa shape index (κ1) is 23.2. The van der Waals surface area contributed by atoms with Crippen LogP contribution in [0.2, 0.25) is 0 Å². The van der Waals surface area contributed by atoms with Gasteiger partial charge < -0.3 is 20.9 Å². The molecule has 7 nitrogen and oxygen atoms in total. The van der Waals surface area contributed by atoms with Crippen LogP contribution in [0, 0.1) is 0 Å². The Kier molecular flexibility index (Phi) is 11.5. The fraction of sp³-hybridized carbons (Fsp3) is 0.526. The summed E-state index contributed by atoms with van der Waals surface area (Å²) in [5.74, 6) is 0.419. The minimum atomic E-state index is -0.135. The van der Waals surface area contributed by atoms with Gasteiger partial charge in [0.1, 0.15) is 6.54 Å². The molecule has 0 spiro atoms. The van der Waals surface area contributed by atoms with E-state index in [0.717, 1.165) is 32.4 Å². The smallest absolute Gasteiger partial charge is 0.241 e. The van der Waals surface area contributed by atoms with Gasteiger partial charge in [-0.25, -0.2) is 4.99 Å². The first-order valence-corrected chi connectivity index (χ1v) is 9.29. The maximum atomic E-state index is 12.1. The van der Waals surface area contributed by atoms with Crippen LogP contribution in [0.25, 0.3) is 0 Å². The van der Waals surface area contributed by atoms with Crippen LogP contribution in [-0.4, -0.2) is 61.9 Å². The highest BCUT2D eigenvalue weighted by Gasteiger charge is 2.17. The van der Waals surface area contributed by atoms with Crippen molar-refractivity contribution in [2.24, 2.45) is 4.99 Å². The third-order valence-electron chi connectivity index (χ3n) is 4.17. The normalized spacial score (nSPS) is 13.7. The predicted octanol–water partition coefficient (Wildman–Crippen LogP) is 1.14. The number of aliphatic imine (C=N–C) groups is 1. The van der Waals surface area contributed by atoms with Gasteiger partial charge in [-0.05, 0) is 31.7 Å². The lowest BCUT2D eigenvalue weighted by Gasteiger charge is -2.17. The van der Waals surface area contributed by atoms with Crippen molar-refractivity contribution in [1.29, 1.82) is 0 Å². The number of guanidine groups is 1. The van der Waals surface area contributed by atoms with Crippen LogP contribution in [0.5, 0.6) is 0 Å². The molecule has 1 aliphatic rings. The van der Waals surface area contributed by atoms with Crippen molar-refractivity contribution in [2.75, 3.05) is 39.3 Å². The lowest BCUT2D eigenvalue weighted by atomic mass is 10.1. The highest BCUT2D eigenvalue weighted by Crippen LogP contribution is 2.06. The molecular weight excluding hydrogens is 457 g/mol. The van der Waals surface area contributed by atoms with Crippen LogP contribution in [-0.2, 0) is 16.0 Å².